The largest absolute Gasteiger partial charge is 0.466 e. The van der Waals surface area contributed by atoms with Gasteiger partial charge in [-0.25, -0.2) is 0 Å². The van der Waals surface area contributed by atoms with Crippen molar-refractivity contribution in [2.45, 2.75) is 226 Å². The van der Waals surface area contributed by atoms with Crippen molar-refractivity contribution in [3.63, 3.8) is 0 Å². The molecule has 0 radical (unpaired) electrons. The molecule has 0 spiro atoms. The van der Waals surface area contributed by atoms with Crippen LogP contribution < -0.4 is 0 Å². The van der Waals surface area contributed by atoms with Crippen LogP contribution in [0.1, 0.15) is 215 Å². The summed E-state index contributed by atoms with van der Waals surface area (Å²) in [7, 11) is 0. The molecule has 0 bridgehead atoms. The average Bonchev–Trinajstić information content (AvgIpc) is 3.70. The van der Waals surface area contributed by atoms with Crippen LogP contribution in [0.25, 0.3) is 0 Å². The fraction of sp³-hybridized carbons (Fsp3) is 0.787. The van der Waals surface area contributed by atoms with E-state index >= 15 is 0 Å². The highest BCUT2D eigenvalue weighted by Gasteiger charge is 2.16. The first kappa shape index (κ1) is 47.6. The van der Waals surface area contributed by atoms with Gasteiger partial charge in [0.1, 0.15) is 29.6 Å². The Labute approximate surface area is 330 Å². The fourth-order valence-electron chi connectivity index (χ4n) is 7.23. The van der Waals surface area contributed by atoms with E-state index in [9.17, 15) is 14.7 Å². The first-order valence-corrected chi connectivity index (χ1v) is 22.5. The lowest BCUT2D eigenvalue weighted by atomic mass is 10.0. The molecule has 0 aliphatic rings. The van der Waals surface area contributed by atoms with Gasteiger partial charge in [-0.15, -0.1) is 0 Å². The average molecular weight is 757 g/mol. The molecule has 0 unspecified atom stereocenters. The van der Waals surface area contributed by atoms with Gasteiger partial charge >= 0.3 is 11.9 Å². The molecule has 0 aromatic carbocycles. The summed E-state index contributed by atoms with van der Waals surface area (Å²) in [6, 6.07) is 4.46. The maximum absolute atomic E-state index is 12.3. The molecule has 1 atom stereocenters. The number of aryl methyl sites for hydroxylation is 6. The number of unbranched alkanes of at least 4 members (excludes halogenated alkanes) is 20. The Morgan fingerprint density at radius 1 is 0.537 bits per heavy atom. The fourth-order valence-corrected chi connectivity index (χ4v) is 7.23. The van der Waals surface area contributed by atoms with Gasteiger partial charge in [0, 0.05) is 38.5 Å². The third-order valence-corrected chi connectivity index (χ3v) is 10.7. The zero-order chi connectivity index (χ0) is 39.1. The van der Waals surface area contributed by atoms with Crippen LogP contribution in [0, 0.1) is 13.8 Å². The molecule has 7 nitrogen and oxygen atoms in total. The predicted molar refractivity (Wildman–Crippen MR) is 221 cm³/mol. The standard InChI is InChI=1S/C47H80O7/c1-5-7-23-29-41-35-39(3)44(52-41)31-25-19-15-11-9-10-12-18-22-28-34-47(50)54-43(37-48)38-51-46(49)33-27-21-17-14-13-16-20-26-32-45-40(4)36-42(53-45)30-24-8-6-2/h35-36,43,48H,5-34,37-38H2,1-4H3/t43-/m0/s1. The molecule has 0 saturated carbocycles. The van der Waals surface area contributed by atoms with E-state index in [-0.39, 0.29) is 25.2 Å². The van der Waals surface area contributed by atoms with E-state index in [1.54, 1.807) is 0 Å². The summed E-state index contributed by atoms with van der Waals surface area (Å²) < 4.78 is 22.9. The second-order valence-electron chi connectivity index (χ2n) is 15.9. The summed E-state index contributed by atoms with van der Waals surface area (Å²) in [6.07, 6.45) is 32.2. The van der Waals surface area contributed by atoms with Crippen molar-refractivity contribution in [3.05, 3.63) is 46.3 Å². The third-order valence-electron chi connectivity index (χ3n) is 10.7. The lowest BCUT2D eigenvalue weighted by Gasteiger charge is -2.15. The summed E-state index contributed by atoms with van der Waals surface area (Å²) in [5.41, 5.74) is 2.62. The van der Waals surface area contributed by atoms with Crippen molar-refractivity contribution in [1.82, 2.24) is 0 Å². The van der Waals surface area contributed by atoms with Crippen molar-refractivity contribution in [2.24, 2.45) is 0 Å². The molecule has 0 amide bonds. The highest BCUT2D eigenvalue weighted by atomic mass is 16.6. The Morgan fingerprint density at radius 3 is 1.31 bits per heavy atom. The van der Waals surface area contributed by atoms with Crippen molar-refractivity contribution in [3.8, 4) is 0 Å². The van der Waals surface area contributed by atoms with Crippen molar-refractivity contribution < 1.29 is 33.0 Å². The Kier molecular flexibility index (Phi) is 27.9. The molecular weight excluding hydrogens is 677 g/mol. The number of hydrogen-bond acceptors (Lipinski definition) is 7. The number of carbonyl (C=O) groups is 2. The van der Waals surface area contributed by atoms with Gasteiger partial charge in [-0.2, -0.15) is 0 Å². The molecule has 0 aliphatic carbocycles. The normalized spacial score (nSPS) is 12.0. The number of furan rings is 2. The number of rotatable bonds is 36. The van der Waals surface area contributed by atoms with Crippen LogP contribution >= 0.6 is 0 Å². The number of esters is 2. The van der Waals surface area contributed by atoms with E-state index in [0.717, 1.165) is 75.7 Å². The van der Waals surface area contributed by atoms with E-state index in [4.69, 9.17) is 18.3 Å². The Balaban J connectivity index is 1.35. The van der Waals surface area contributed by atoms with E-state index in [1.807, 2.05) is 0 Å². The van der Waals surface area contributed by atoms with Gasteiger partial charge in [0.05, 0.1) is 6.61 Å². The zero-order valence-corrected chi connectivity index (χ0v) is 35.3. The van der Waals surface area contributed by atoms with Crippen LogP contribution in [0.15, 0.2) is 21.0 Å². The topological polar surface area (TPSA) is 99.1 Å². The van der Waals surface area contributed by atoms with Crippen LogP contribution in [0.2, 0.25) is 0 Å². The van der Waals surface area contributed by atoms with Gasteiger partial charge in [0.2, 0.25) is 0 Å². The number of ether oxygens (including phenoxy) is 2. The molecule has 2 rings (SSSR count). The highest BCUT2D eigenvalue weighted by Crippen LogP contribution is 2.22. The van der Waals surface area contributed by atoms with Gasteiger partial charge in [-0.1, -0.05) is 129 Å². The Hall–Kier alpha value is -2.54. The van der Waals surface area contributed by atoms with Crippen LogP contribution in [0.5, 0.6) is 0 Å². The zero-order valence-electron chi connectivity index (χ0n) is 35.3. The lowest BCUT2D eigenvalue weighted by molar-refractivity contribution is -0.161. The maximum atomic E-state index is 12.3. The molecule has 54 heavy (non-hydrogen) atoms. The minimum atomic E-state index is -0.790. The number of aliphatic hydroxyl groups excluding tert-OH is 1. The Morgan fingerprint density at radius 2 is 0.907 bits per heavy atom. The molecule has 310 valence electrons. The molecule has 2 aromatic rings. The molecule has 0 fully saturated rings. The summed E-state index contributed by atoms with van der Waals surface area (Å²) in [4.78, 5) is 24.5. The van der Waals surface area contributed by atoms with Gasteiger partial charge in [0.15, 0.2) is 6.10 Å². The highest BCUT2D eigenvalue weighted by molar-refractivity contribution is 5.70. The molecule has 0 aliphatic heterocycles. The van der Waals surface area contributed by atoms with Crippen LogP contribution in [-0.4, -0.2) is 36.4 Å². The smallest absolute Gasteiger partial charge is 0.306 e. The monoisotopic (exact) mass is 757 g/mol. The van der Waals surface area contributed by atoms with Gasteiger partial charge in [0.25, 0.3) is 0 Å². The number of carbonyl (C=O) groups excluding carboxylic acids is 2. The maximum Gasteiger partial charge on any atom is 0.306 e. The van der Waals surface area contributed by atoms with E-state index < -0.39 is 6.10 Å². The minimum Gasteiger partial charge on any atom is -0.466 e. The van der Waals surface area contributed by atoms with Gasteiger partial charge in [-0.05, 0) is 75.6 Å². The number of aliphatic hydroxyl groups is 1. The van der Waals surface area contributed by atoms with Crippen LogP contribution in [-0.2, 0) is 44.7 Å². The lowest BCUT2D eigenvalue weighted by Crippen LogP contribution is -2.28. The molecule has 2 aromatic heterocycles. The predicted octanol–water partition coefficient (Wildman–Crippen LogP) is 13.0. The molecule has 0 saturated heterocycles. The quantitative estimate of drug-likeness (QED) is 0.0546. The summed E-state index contributed by atoms with van der Waals surface area (Å²) in [6.45, 7) is 8.39. The summed E-state index contributed by atoms with van der Waals surface area (Å²) in [5.74, 6) is 4.05. The second-order valence-corrected chi connectivity index (χ2v) is 15.9. The minimum absolute atomic E-state index is 0.0820. The van der Waals surface area contributed by atoms with Gasteiger partial charge < -0.3 is 23.4 Å². The Bertz CT molecular complexity index is 1210. The number of hydrogen-bond donors (Lipinski definition) is 1. The van der Waals surface area contributed by atoms with Gasteiger partial charge in [-0.3, -0.25) is 9.59 Å². The second kappa shape index (κ2) is 31.6. The van der Waals surface area contributed by atoms with E-state index in [2.05, 4.69) is 39.8 Å². The molecule has 1 N–H and O–H groups in total. The van der Waals surface area contributed by atoms with Crippen molar-refractivity contribution >= 4 is 11.9 Å². The molecule has 2 heterocycles. The summed E-state index contributed by atoms with van der Waals surface area (Å²) in [5, 5.41) is 9.63. The van der Waals surface area contributed by atoms with E-state index in [1.165, 1.54) is 138 Å². The SMILES string of the molecule is CCCCCc1cc(C)c(CCCCCCCCCCCCC(=O)O[C@@H](CO)COC(=O)CCCCCCCCCCc2oc(CCCCC)cc2C)o1. The third kappa shape index (κ3) is 23.4. The van der Waals surface area contributed by atoms with Crippen LogP contribution in [0.4, 0.5) is 0 Å². The molecular formula is C47H80O7. The van der Waals surface area contributed by atoms with Crippen molar-refractivity contribution in [1.29, 1.82) is 0 Å². The van der Waals surface area contributed by atoms with E-state index in [0.29, 0.717) is 12.8 Å². The first-order valence-electron chi connectivity index (χ1n) is 22.5. The van der Waals surface area contributed by atoms with Crippen molar-refractivity contribution in [2.75, 3.05) is 13.2 Å². The first-order chi connectivity index (χ1) is 26.4. The summed E-state index contributed by atoms with van der Waals surface area (Å²) >= 11 is 0. The van der Waals surface area contributed by atoms with Crippen LogP contribution in [0.3, 0.4) is 0 Å². The molecule has 7 heteroatoms.